The van der Waals surface area contributed by atoms with Gasteiger partial charge in [0.2, 0.25) is 0 Å². The third-order valence-corrected chi connectivity index (χ3v) is 5.05. The molecule has 24 heavy (non-hydrogen) atoms. The minimum Gasteiger partial charge on any atom is -0.455 e. The summed E-state index contributed by atoms with van der Waals surface area (Å²) in [5.41, 5.74) is -0.291. The van der Waals surface area contributed by atoms with Gasteiger partial charge in [0, 0.05) is 11.1 Å². The summed E-state index contributed by atoms with van der Waals surface area (Å²) in [4.78, 5) is 34.3. The lowest BCUT2D eigenvalue weighted by Gasteiger charge is -2.19. The third-order valence-electron chi connectivity index (χ3n) is 4.82. The van der Waals surface area contributed by atoms with Gasteiger partial charge in [0.1, 0.15) is 5.69 Å². The molecule has 2 aliphatic carbocycles. The highest BCUT2D eigenvalue weighted by atomic mass is 35.5. The Kier molecular flexibility index (Phi) is 4.71. The van der Waals surface area contributed by atoms with Crippen LogP contribution in [-0.4, -0.2) is 23.4 Å². The molecule has 3 atom stereocenters. The predicted octanol–water partition coefficient (Wildman–Crippen LogP) is 3.17. The molecule has 1 aromatic rings. The maximum atomic E-state index is 12.1. The SMILES string of the molecule is O=C(COC(=O)C1CC2CCC1C2)Nc1ccc(Cl)cc1[N+](=O)[O-]. The van der Waals surface area contributed by atoms with Crippen molar-refractivity contribution in [1.29, 1.82) is 0 Å². The molecule has 0 heterocycles. The van der Waals surface area contributed by atoms with Crippen LogP contribution in [0.1, 0.15) is 25.7 Å². The van der Waals surface area contributed by atoms with E-state index >= 15 is 0 Å². The van der Waals surface area contributed by atoms with Crippen molar-refractivity contribution in [2.75, 3.05) is 11.9 Å². The molecule has 128 valence electrons. The number of nitrogens with one attached hydrogen (secondary N) is 1. The molecule has 0 radical (unpaired) electrons. The molecule has 1 N–H and O–H groups in total. The van der Waals surface area contributed by atoms with E-state index in [1.807, 2.05) is 0 Å². The minimum absolute atomic E-state index is 0.0189. The van der Waals surface area contributed by atoms with Gasteiger partial charge < -0.3 is 10.1 Å². The molecule has 3 rings (SSSR count). The standard InChI is InChI=1S/C16H17ClN2O5/c17-11-3-4-13(14(7-11)19(22)23)18-15(20)8-24-16(21)12-6-9-1-2-10(12)5-9/h3-4,7,9-10,12H,1-2,5-6,8H2,(H,18,20). The van der Waals surface area contributed by atoms with Gasteiger partial charge in [-0.1, -0.05) is 18.0 Å². The molecule has 2 aliphatic rings. The first kappa shape index (κ1) is 16.7. The number of carbonyl (C=O) groups is 2. The van der Waals surface area contributed by atoms with Gasteiger partial charge in [0.05, 0.1) is 10.8 Å². The molecule has 2 bridgehead atoms. The van der Waals surface area contributed by atoms with Crippen LogP contribution in [0.5, 0.6) is 0 Å². The highest BCUT2D eigenvalue weighted by Gasteiger charge is 2.44. The molecule has 1 amide bonds. The Morgan fingerprint density at radius 3 is 2.75 bits per heavy atom. The smallest absolute Gasteiger partial charge is 0.309 e. The second kappa shape index (κ2) is 6.76. The number of nitro groups is 1. The number of ether oxygens (including phenoxy) is 1. The fourth-order valence-corrected chi connectivity index (χ4v) is 3.89. The van der Waals surface area contributed by atoms with Gasteiger partial charge in [0.25, 0.3) is 11.6 Å². The van der Waals surface area contributed by atoms with Crippen molar-refractivity contribution < 1.29 is 19.2 Å². The van der Waals surface area contributed by atoms with Gasteiger partial charge in [-0.05, 0) is 43.2 Å². The summed E-state index contributed by atoms with van der Waals surface area (Å²) in [6, 6.07) is 3.93. The third kappa shape index (κ3) is 3.51. The molecule has 0 aromatic heterocycles. The van der Waals surface area contributed by atoms with E-state index in [-0.39, 0.29) is 28.3 Å². The zero-order chi connectivity index (χ0) is 17.3. The van der Waals surface area contributed by atoms with Crippen LogP contribution in [0.3, 0.4) is 0 Å². The number of nitrogens with zero attached hydrogens (tertiary/aromatic N) is 1. The summed E-state index contributed by atoms with van der Waals surface area (Å²) >= 11 is 5.72. The Hall–Kier alpha value is -2.15. The molecule has 8 heteroatoms. The molecule has 2 fully saturated rings. The second-order valence-electron chi connectivity index (χ2n) is 6.36. The normalized spacial score (nSPS) is 24.6. The quantitative estimate of drug-likeness (QED) is 0.498. The number of halogens is 1. The van der Waals surface area contributed by atoms with Crippen molar-refractivity contribution in [3.8, 4) is 0 Å². The number of anilines is 1. The predicted molar refractivity (Wildman–Crippen MR) is 86.6 cm³/mol. The van der Waals surface area contributed by atoms with E-state index in [4.69, 9.17) is 16.3 Å². The molecule has 7 nitrogen and oxygen atoms in total. The van der Waals surface area contributed by atoms with Crippen molar-refractivity contribution in [3.63, 3.8) is 0 Å². The monoisotopic (exact) mass is 352 g/mol. The summed E-state index contributed by atoms with van der Waals surface area (Å²) < 4.78 is 5.09. The zero-order valence-corrected chi connectivity index (χ0v) is 13.6. The van der Waals surface area contributed by atoms with Crippen molar-refractivity contribution in [1.82, 2.24) is 0 Å². The second-order valence-corrected chi connectivity index (χ2v) is 6.79. The zero-order valence-electron chi connectivity index (χ0n) is 12.9. The van der Waals surface area contributed by atoms with Crippen molar-refractivity contribution in [3.05, 3.63) is 33.3 Å². The lowest BCUT2D eigenvalue weighted by Crippen LogP contribution is -2.27. The number of hydrogen-bond acceptors (Lipinski definition) is 5. The van der Waals surface area contributed by atoms with E-state index in [0.717, 1.165) is 25.3 Å². The van der Waals surface area contributed by atoms with Crippen molar-refractivity contribution in [2.24, 2.45) is 17.8 Å². The maximum absolute atomic E-state index is 12.1. The highest BCUT2D eigenvalue weighted by molar-refractivity contribution is 6.31. The van der Waals surface area contributed by atoms with Crippen LogP contribution in [0.25, 0.3) is 0 Å². The molecule has 1 aromatic carbocycles. The summed E-state index contributed by atoms with van der Waals surface area (Å²) in [6.45, 7) is -0.452. The molecular weight excluding hydrogens is 336 g/mol. The van der Waals surface area contributed by atoms with Gasteiger partial charge in [-0.3, -0.25) is 19.7 Å². The van der Waals surface area contributed by atoms with E-state index in [2.05, 4.69) is 5.32 Å². The largest absolute Gasteiger partial charge is 0.455 e. The van der Waals surface area contributed by atoms with Crippen LogP contribution in [0.4, 0.5) is 11.4 Å². The first-order valence-corrected chi connectivity index (χ1v) is 8.22. The van der Waals surface area contributed by atoms with E-state index < -0.39 is 17.4 Å². The molecule has 0 aliphatic heterocycles. The van der Waals surface area contributed by atoms with E-state index in [1.165, 1.54) is 18.6 Å². The van der Waals surface area contributed by atoms with Crippen LogP contribution in [0.15, 0.2) is 18.2 Å². The van der Waals surface area contributed by atoms with Crippen LogP contribution >= 0.6 is 11.6 Å². The fourth-order valence-electron chi connectivity index (χ4n) is 3.72. The van der Waals surface area contributed by atoms with Gasteiger partial charge in [-0.15, -0.1) is 0 Å². The Bertz CT molecular complexity index is 693. The Labute approximate surface area is 143 Å². The average molecular weight is 353 g/mol. The van der Waals surface area contributed by atoms with Crippen LogP contribution in [0.2, 0.25) is 5.02 Å². The average Bonchev–Trinajstić information content (AvgIpc) is 3.17. The number of benzene rings is 1. The number of carbonyl (C=O) groups excluding carboxylic acids is 2. The van der Waals surface area contributed by atoms with Crippen LogP contribution in [0, 0.1) is 27.9 Å². The number of nitro benzene ring substituents is 1. The lowest BCUT2D eigenvalue weighted by molar-refractivity contribution is -0.383. The van der Waals surface area contributed by atoms with E-state index in [0.29, 0.717) is 11.8 Å². The molecular formula is C16H17ClN2O5. The number of rotatable bonds is 5. The topological polar surface area (TPSA) is 98.5 Å². The summed E-state index contributed by atoms with van der Waals surface area (Å²) in [7, 11) is 0. The number of amides is 1. The Balaban J connectivity index is 1.55. The maximum Gasteiger partial charge on any atom is 0.309 e. The lowest BCUT2D eigenvalue weighted by atomic mass is 9.89. The first-order valence-electron chi connectivity index (χ1n) is 7.84. The van der Waals surface area contributed by atoms with Crippen LogP contribution < -0.4 is 5.32 Å². The van der Waals surface area contributed by atoms with Gasteiger partial charge in [0.15, 0.2) is 6.61 Å². The highest BCUT2D eigenvalue weighted by Crippen LogP contribution is 2.48. The van der Waals surface area contributed by atoms with Gasteiger partial charge >= 0.3 is 5.97 Å². The van der Waals surface area contributed by atoms with Gasteiger partial charge in [-0.25, -0.2) is 0 Å². The van der Waals surface area contributed by atoms with Crippen LogP contribution in [-0.2, 0) is 14.3 Å². The Morgan fingerprint density at radius 1 is 1.33 bits per heavy atom. The number of esters is 1. The number of hydrogen-bond donors (Lipinski definition) is 1. The molecule has 3 unspecified atom stereocenters. The van der Waals surface area contributed by atoms with Crippen molar-refractivity contribution >= 4 is 34.9 Å². The fraction of sp³-hybridized carbons (Fsp3) is 0.500. The van der Waals surface area contributed by atoms with Gasteiger partial charge in [-0.2, -0.15) is 0 Å². The summed E-state index contributed by atoms with van der Waals surface area (Å²) in [5.74, 6) is -0.0812. The molecule has 2 saturated carbocycles. The molecule has 0 spiro atoms. The van der Waals surface area contributed by atoms with E-state index in [9.17, 15) is 19.7 Å². The first-order chi connectivity index (χ1) is 11.4. The summed E-state index contributed by atoms with van der Waals surface area (Å²) in [6.07, 6.45) is 4.14. The van der Waals surface area contributed by atoms with E-state index in [1.54, 1.807) is 0 Å². The van der Waals surface area contributed by atoms with Crippen molar-refractivity contribution in [2.45, 2.75) is 25.7 Å². The minimum atomic E-state index is -0.636. The number of fused-ring (bicyclic) bond motifs is 2. The molecule has 0 saturated heterocycles. The Morgan fingerprint density at radius 2 is 2.12 bits per heavy atom. The summed E-state index contributed by atoms with van der Waals surface area (Å²) in [5, 5.41) is 13.6.